The van der Waals surface area contributed by atoms with Gasteiger partial charge in [0.05, 0.1) is 6.54 Å². The Labute approximate surface area is 211 Å². The Morgan fingerprint density at radius 1 is 0.917 bits per heavy atom. The summed E-state index contributed by atoms with van der Waals surface area (Å²) in [7, 11) is 0. The summed E-state index contributed by atoms with van der Waals surface area (Å²) in [6.45, 7) is 4.09. The Bertz CT molecular complexity index is 1330. The first-order valence-corrected chi connectivity index (χ1v) is 12.6. The van der Waals surface area contributed by atoms with Crippen LogP contribution in [-0.2, 0) is 16.1 Å². The van der Waals surface area contributed by atoms with Gasteiger partial charge < -0.3 is 4.57 Å². The summed E-state index contributed by atoms with van der Waals surface area (Å²) in [6.07, 6.45) is 8.07. The number of hydrogen-bond acceptors (Lipinski definition) is 3. The lowest BCUT2D eigenvalue weighted by molar-refractivity contribution is -0.130. The van der Waals surface area contributed by atoms with E-state index in [1.165, 1.54) is 37.7 Å². The van der Waals surface area contributed by atoms with Crippen LogP contribution in [0.15, 0.2) is 66.2 Å². The van der Waals surface area contributed by atoms with Crippen LogP contribution in [0.3, 0.4) is 0 Å². The molecule has 1 saturated carbocycles. The summed E-state index contributed by atoms with van der Waals surface area (Å²) >= 11 is 0. The summed E-state index contributed by atoms with van der Waals surface area (Å²) in [5.74, 6) is -0.609. The van der Waals surface area contributed by atoms with Crippen molar-refractivity contribution in [2.75, 3.05) is 0 Å². The monoisotopic (exact) mass is 481 g/mol. The first-order valence-electron chi connectivity index (χ1n) is 12.6. The second-order valence-corrected chi connectivity index (χ2v) is 9.78. The quantitative estimate of drug-likeness (QED) is 0.370. The molecule has 0 spiro atoms. The van der Waals surface area contributed by atoms with Crippen molar-refractivity contribution in [3.8, 4) is 5.69 Å². The number of carbonyl (C=O) groups excluding carboxylic acids is 3. The molecular weight excluding hydrogens is 450 g/mol. The Morgan fingerprint density at radius 3 is 2.31 bits per heavy atom. The number of aromatic nitrogens is 1. The van der Waals surface area contributed by atoms with Crippen LogP contribution < -0.4 is 5.32 Å². The molecule has 0 unspecified atom stereocenters. The fraction of sp³-hybridized carbons (Fsp3) is 0.300. The lowest BCUT2D eigenvalue weighted by Crippen LogP contribution is -2.53. The first kappa shape index (κ1) is 23.8. The predicted octanol–water partition coefficient (Wildman–Crippen LogP) is 5.80. The van der Waals surface area contributed by atoms with Crippen molar-refractivity contribution in [2.24, 2.45) is 0 Å². The Morgan fingerprint density at radius 2 is 1.61 bits per heavy atom. The maximum absolute atomic E-state index is 13.2. The molecule has 1 aromatic heterocycles. The highest BCUT2D eigenvalue weighted by atomic mass is 16.2. The summed E-state index contributed by atoms with van der Waals surface area (Å²) < 4.78 is 2.13. The maximum atomic E-state index is 13.2. The molecule has 1 aliphatic heterocycles. The highest BCUT2D eigenvalue weighted by Gasteiger charge is 2.36. The molecule has 0 atom stereocenters. The number of imide groups is 2. The van der Waals surface area contributed by atoms with Crippen molar-refractivity contribution in [1.29, 1.82) is 0 Å². The molecule has 6 nitrogen and oxygen atoms in total. The minimum atomic E-state index is -0.700. The number of urea groups is 1. The third-order valence-corrected chi connectivity index (χ3v) is 7.37. The van der Waals surface area contributed by atoms with Crippen molar-refractivity contribution in [1.82, 2.24) is 14.8 Å². The van der Waals surface area contributed by atoms with Gasteiger partial charge in [-0.1, -0.05) is 61.7 Å². The van der Waals surface area contributed by atoms with Crippen LogP contribution in [-0.4, -0.2) is 27.3 Å². The molecule has 1 aliphatic carbocycles. The fourth-order valence-electron chi connectivity index (χ4n) is 5.42. The fourth-order valence-corrected chi connectivity index (χ4v) is 5.42. The lowest BCUT2D eigenvalue weighted by Gasteiger charge is -2.26. The minimum Gasteiger partial charge on any atom is -0.318 e. The van der Waals surface area contributed by atoms with Gasteiger partial charge in [0.1, 0.15) is 5.57 Å². The third-order valence-electron chi connectivity index (χ3n) is 7.37. The summed E-state index contributed by atoms with van der Waals surface area (Å²) in [4.78, 5) is 39.3. The van der Waals surface area contributed by atoms with E-state index in [4.69, 9.17) is 0 Å². The molecule has 0 radical (unpaired) electrons. The van der Waals surface area contributed by atoms with Crippen LogP contribution in [0.4, 0.5) is 4.79 Å². The van der Waals surface area contributed by atoms with Crippen LogP contribution in [0, 0.1) is 13.8 Å². The first-order chi connectivity index (χ1) is 17.4. The third kappa shape index (κ3) is 4.63. The number of nitrogens with zero attached hydrogens (tertiary/aromatic N) is 2. The number of barbiturate groups is 1. The van der Waals surface area contributed by atoms with E-state index in [1.54, 1.807) is 6.08 Å². The van der Waals surface area contributed by atoms with Gasteiger partial charge >= 0.3 is 6.03 Å². The smallest absolute Gasteiger partial charge is 0.318 e. The van der Waals surface area contributed by atoms with Gasteiger partial charge in [-0.15, -0.1) is 0 Å². The van der Waals surface area contributed by atoms with Gasteiger partial charge in [-0.2, -0.15) is 0 Å². The molecule has 3 aromatic rings. The van der Waals surface area contributed by atoms with Gasteiger partial charge in [-0.25, -0.2) is 4.79 Å². The maximum Gasteiger partial charge on any atom is 0.331 e. The average molecular weight is 482 g/mol. The van der Waals surface area contributed by atoms with E-state index in [0.717, 1.165) is 33.1 Å². The Balaban J connectivity index is 1.42. The van der Waals surface area contributed by atoms with Gasteiger partial charge in [0, 0.05) is 17.1 Å². The van der Waals surface area contributed by atoms with Gasteiger partial charge in [0.25, 0.3) is 11.8 Å². The van der Waals surface area contributed by atoms with Crippen molar-refractivity contribution in [3.05, 3.63) is 94.3 Å². The molecule has 2 fully saturated rings. The highest BCUT2D eigenvalue weighted by Crippen LogP contribution is 2.33. The van der Waals surface area contributed by atoms with Gasteiger partial charge in [-0.3, -0.25) is 19.8 Å². The van der Waals surface area contributed by atoms with Crippen molar-refractivity contribution < 1.29 is 14.4 Å². The molecule has 2 heterocycles. The van der Waals surface area contributed by atoms with E-state index in [0.29, 0.717) is 5.92 Å². The molecule has 4 amide bonds. The number of carbonyl (C=O) groups is 3. The molecule has 36 heavy (non-hydrogen) atoms. The number of nitrogens with one attached hydrogen (secondary N) is 1. The molecule has 2 aromatic carbocycles. The van der Waals surface area contributed by atoms with E-state index in [-0.39, 0.29) is 12.1 Å². The van der Waals surface area contributed by atoms with E-state index in [1.807, 2.05) is 50.2 Å². The molecule has 1 N–H and O–H groups in total. The number of aryl methyl sites for hydroxylation is 1. The minimum absolute atomic E-state index is 0.0431. The molecule has 6 heteroatoms. The van der Waals surface area contributed by atoms with Gasteiger partial charge in [0.2, 0.25) is 0 Å². The molecular formula is C30H31N3O3. The van der Waals surface area contributed by atoms with Crippen LogP contribution >= 0.6 is 0 Å². The van der Waals surface area contributed by atoms with E-state index in [2.05, 4.69) is 34.1 Å². The Kier molecular flexibility index (Phi) is 6.59. The number of benzene rings is 2. The molecule has 5 rings (SSSR count). The number of amides is 4. The van der Waals surface area contributed by atoms with Crippen LogP contribution in [0.2, 0.25) is 0 Å². The molecule has 184 valence electrons. The van der Waals surface area contributed by atoms with E-state index >= 15 is 0 Å². The topological polar surface area (TPSA) is 71.4 Å². The number of rotatable bonds is 5. The van der Waals surface area contributed by atoms with Crippen LogP contribution in [0.1, 0.15) is 66.1 Å². The van der Waals surface area contributed by atoms with Crippen molar-refractivity contribution in [3.63, 3.8) is 0 Å². The second-order valence-electron chi connectivity index (χ2n) is 9.78. The van der Waals surface area contributed by atoms with Gasteiger partial charge in [-0.05, 0) is 73.6 Å². The van der Waals surface area contributed by atoms with E-state index < -0.39 is 17.8 Å². The molecule has 0 bridgehead atoms. The van der Waals surface area contributed by atoms with Crippen molar-refractivity contribution >= 4 is 23.9 Å². The normalized spacial score (nSPS) is 18.1. The van der Waals surface area contributed by atoms with Crippen LogP contribution in [0.5, 0.6) is 0 Å². The molecule has 2 aliphatic rings. The number of hydrogen-bond donors (Lipinski definition) is 1. The summed E-state index contributed by atoms with van der Waals surface area (Å²) in [5.41, 5.74) is 5.92. The second kappa shape index (κ2) is 9.97. The zero-order valence-corrected chi connectivity index (χ0v) is 20.8. The largest absolute Gasteiger partial charge is 0.331 e. The highest BCUT2D eigenvalue weighted by molar-refractivity contribution is 6.31. The van der Waals surface area contributed by atoms with Gasteiger partial charge in [0.15, 0.2) is 0 Å². The van der Waals surface area contributed by atoms with Crippen LogP contribution in [0.25, 0.3) is 11.8 Å². The van der Waals surface area contributed by atoms with Crippen molar-refractivity contribution in [2.45, 2.75) is 58.4 Å². The van der Waals surface area contributed by atoms with E-state index in [9.17, 15) is 14.4 Å². The molecule has 1 saturated heterocycles. The SMILES string of the molecule is Cc1cc(/C=C2\C(=O)NC(=O)N(Cc3ccccc3)C2=O)c(C)n1-c1ccc(C2CCCCC2)cc1. The Hall–Kier alpha value is -3.93. The predicted molar refractivity (Wildman–Crippen MR) is 140 cm³/mol. The average Bonchev–Trinajstić information content (AvgIpc) is 3.18. The summed E-state index contributed by atoms with van der Waals surface area (Å²) in [5, 5.41) is 2.31. The standard InChI is InChI=1S/C30H31N3O3/c1-20-17-25(21(2)33(20)26-15-13-24(14-16-26)23-11-7-4-8-12-23)18-27-28(34)31-30(36)32(29(27)35)19-22-9-5-3-6-10-22/h3,5-6,9-10,13-18,23H,4,7-8,11-12,19H2,1-2H3,(H,31,34,36)/b27-18+. The summed E-state index contributed by atoms with van der Waals surface area (Å²) in [6, 6.07) is 19.3. The zero-order chi connectivity index (χ0) is 25.2. The lowest BCUT2D eigenvalue weighted by atomic mass is 9.84. The zero-order valence-electron chi connectivity index (χ0n) is 20.8.